The van der Waals surface area contributed by atoms with Gasteiger partial charge in [0.1, 0.15) is 12.4 Å². The smallest absolute Gasteiger partial charge is 0.431 e. The molecule has 0 atom stereocenters. The molecule has 0 spiro atoms. The fourth-order valence-electron chi connectivity index (χ4n) is 0.903. The third-order valence-electron chi connectivity index (χ3n) is 1.62. The fraction of sp³-hybridized carbons (Fsp3) is 0.222. The number of ether oxygens (including phenoxy) is 2. The quantitative estimate of drug-likeness (QED) is 0.566. The van der Waals surface area contributed by atoms with E-state index in [1.54, 1.807) is 31.4 Å². The summed E-state index contributed by atoms with van der Waals surface area (Å²) in [6.07, 6.45) is -0.874. The van der Waals surface area contributed by atoms with Crippen LogP contribution in [0.15, 0.2) is 24.3 Å². The number of methoxy groups -OCH3 is 1. The van der Waals surface area contributed by atoms with E-state index in [-0.39, 0.29) is 6.61 Å². The van der Waals surface area contributed by atoms with Crippen LogP contribution in [0.1, 0.15) is 5.56 Å². The number of carbonyl (C=O) groups excluding carboxylic acids is 1. The number of hydroxylamine groups is 1. The highest BCUT2D eigenvalue weighted by atomic mass is 16.6. The number of hydrogen-bond donors (Lipinski definition) is 2. The van der Waals surface area contributed by atoms with Crippen molar-refractivity contribution in [2.75, 3.05) is 7.11 Å². The first-order chi connectivity index (χ1) is 6.76. The van der Waals surface area contributed by atoms with Gasteiger partial charge in [0, 0.05) is 0 Å². The van der Waals surface area contributed by atoms with Crippen LogP contribution in [0.3, 0.4) is 0 Å². The Hall–Kier alpha value is -1.75. The molecule has 1 aromatic carbocycles. The van der Waals surface area contributed by atoms with Gasteiger partial charge in [-0.25, -0.2) is 10.3 Å². The molecule has 0 saturated carbocycles. The second kappa shape index (κ2) is 5.08. The second-order valence-electron chi connectivity index (χ2n) is 2.54. The van der Waals surface area contributed by atoms with Crippen LogP contribution >= 0.6 is 0 Å². The standard InChI is InChI=1S/C9H11NO4/c1-13-8-4-2-7(3-5-8)6-14-9(11)10-12/h2-5,12H,6H2,1H3,(H,10,11). The van der Waals surface area contributed by atoms with Gasteiger partial charge in [-0.2, -0.15) is 0 Å². The summed E-state index contributed by atoms with van der Waals surface area (Å²) in [6.45, 7) is 0.108. The number of carbonyl (C=O) groups is 1. The summed E-state index contributed by atoms with van der Waals surface area (Å²) in [4.78, 5) is 10.5. The van der Waals surface area contributed by atoms with Gasteiger partial charge < -0.3 is 9.47 Å². The van der Waals surface area contributed by atoms with E-state index < -0.39 is 6.09 Å². The molecule has 1 aromatic rings. The molecule has 76 valence electrons. The summed E-state index contributed by atoms with van der Waals surface area (Å²) >= 11 is 0. The summed E-state index contributed by atoms with van der Waals surface area (Å²) < 4.78 is 9.57. The van der Waals surface area contributed by atoms with Crippen molar-refractivity contribution in [1.29, 1.82) is 0 Å². The number of rotatable bonds is 3. The number of amides is 1. The summed E-state index contributed by atoms with van der Waals surface area (Å²) in [7, 11) is 1.57. The SMILES string of the molecule is COc1ccc(COC(=O)NO)cc1. The van der Waals surface area contributed by atoms with Crippen LogP contribution in [0.2, 0.25) is 0 Å². The van der Waals surface area contributed by atoms with Crippen molar-refractivity contribution >= 4 is 6.09 Å². The molecule has 5 heteroatoms. The largest absolute Gasteiger partial charge is 0.497 e. The molecule has 1 amide bonds. The van der Waals surface area contributed by atoms with Crippen LogP contribution in [0.4, 0.5) is 4.79 Å². The van der Waals surface area contributed by atoms with E-state index in [0.717, 1.165) is 11.3 Å². The minimum Gasteiger partial charge on any atom is -0.497 e. The second-order valence-corrected chi connectivity index (χ2v) is 2.54. The van der Waals surface area contributed by atoms with Crippen molar-refractivity contribution in [2.24, 2.45) is 0 Å². The lowest BCUT2D eigenvalue weighted by Gasteiger charge is -2.04. The van der Waals surface area contributed by atoms with Crippen LogP contribution in [-0.4, -0.2) is 18.4 Å². The number of hydrogen-bond acceptors (Lipinski definition) is 4. The molecule has 0 aliphatic carbocycles. The fourth-order valence-corrected chi connectivity index (χ4v) is 0.903. The molecule has 5 nitrogen and oxygen atoms in total. The Morgan fingerprint density at radius 3 is 2.57 bits per heavy atom. The molecule has 0 bridgehead atoms. The monoisotopic (exact) mass is 197 g/mol. The Balaban J connectivity index is 2.47. The summed E-state index contributed by atoms with van der Waals surface area (Å²) in [5.74, 6) is 0.736. The molecular formula is C9H11NO4. The predicted octanol–water partition coefficient (Wildman–Crippen LogP) is 1.31. The van der Waals surface area contributed by atoms with E-state index in [9.17, 15) is 4.79 Å². The van der Waals surface area contributed by atoms with Crippen LogP contribution in [-0.2, 0) is 11.3 Å². The predicted molar refractivity (Wildman–Crippen MR) is 48.1 cm³/mol. The van der Waals surface area contributed by atoms with Gasteiger partial charge in [0.15, 0.2) is 0 Å². The molecule has 14 heavy (non-hydrogen) atoms. The number of benzene rings is 1. The van der Waals surface area contributed by atoms with Crippen molar-refractivity contribution in [1.82, 2.24) is 5.48 Å². The topological polar surface area (TPSA) is 67.8 Å². The Kier molecular flexibility index (Phi) is 3.75. The first-order valence-electron chi connectivity index (χ1n) is 3.96. The molecule has 0 radical (unpaired) electrons. The first kappa shape index (κ1) is 10.3. The third-order valence-corrected chi connectivity index (χ3v) is 1.62. The van der Waals surface area contributed by atoms with E-state index >= 15 is 0 Å². The van der Waals surface area contributed by atoms with Gasteiger partial charge in [-0.3, -0.25) is 5.21 Å². The zero-order chi connectivity index (χ0) is 10.4. The van der Waals surface area contributed by atoms with Gasteiger partial charge in [-0.15, -0.1) is 0 Å². The van der Waals surface area contributed by atoms with E-state index in [4.69, 9.17) is 9.94 Å². The van der Waals surface area contributed by atoms with Gasteiger partial charge in [0.2, 0.25) is 0 Å². The molecule has 0 aliphatic heterocycles. The maximum Gasteiger partial charge on any atom is 0.431 e. The van der Waals surface area contributed by atoms with E-state index in [1.165, 1.54) is 5.48 Å². The van der Waals surface area contributed by atoms with Gasteiger partial charge in [-0.1, -0.05) is 12.1 Å². The average Bonchev–Trinajstić information content (AvgIpc) is 2.26. The highest BCUT2D eigenvalue weighted by Crippen LogP contribution is 2.11. The molecule has 0 saturated heterocycles. The Bertz CT molecular complexity index is 296. The van der Waals surface area contributed by atoms with Crippen LogP contribution in [0.25, 0.3) is 0 Å². The minimum absolute atomic E-state index is 0.108. The van der Waals surface area contributed by atoms with E-state index in [0.29, 0.717) is 0 Å². The maximum atomic E-state index is 10.5. The minimum atomic E-state index is -0.874. The molecule has 1 rings (SSSR count). The lowest BCUT2D eigenvalue weighted by atomic mass is 10.2. The van der Waals surface area contributed by atoms with Crippen LogP contribution in [0.5, 0.6) is 5.75 Å². The average molecular weight is 197 g/mol. The maximum absolute atomic E-state index is 10.5. The van der Waals surface area contributed by atoms with Gasteiger partial charge >= 0.3 is 6.09 Å². The van der Waals surface area contributed by atoms with E-state index in [2.05, 4.69) is 4.74 Å². The van der Waals surface area contributed by atoms with Crippen molar-refractivity contribution < 1.29 is 19.5 Å². The van der Waals surface area contributed by atoms with Crippen molar-refractivity contribution in [3.63, 3.8) is 0 Å². The molecule has 0 fully saturated rings. The lowest BCUT2D eigenvalue weighted by molar-refractivity contribution is 0.0842. The van der Waals surface area contributed by atoms with Gasteiger partial charge in [0.25, 0.3) is 0 Å². The zero-order valence-corrected chi connectivity index (χ0v) is 7.69. The van der Waals surface area contributed by atoms with Gasteiger partial charge in [-0.05, 0) is 17.7 Å². The zero-order valence-electron chi connectivity index (χ0n) is 7.69. The van der Waals surface area contributed by atoms with Crippen molar-refractivity contribution in [3.05, 3.63) is 29.8 Å². The highest BCUT2D eigenvalue weighted by Gasteiger charge is 1.99. The molecular weight excluding hydrogens is 186 g/mol. The van der Waals surface area contributed by atoms with Crippen LogP contribution < -0.4 is 10.2 Å². The molecule has 0 unspecified atom stereocenters. The summed E-state index contributed by atoms with van der Waals surface area (Å²) in [5, 5.41) is 8.15. The molecule has 0 aromatic heterocycles. The molecule has 0 aliphatic rings. The van der Waals surface area contributed by atoms with Crippen molar-refractivity contribution in [3.8, 4) is 5.75 Å². The summed E-state index contributed by atoms with van der Waals surface area (Å²) in [6, 6.07) is 7.05. The first-order valence-corrected chi connectivity index (χ1v) is 3.96. The molecule has 2 N–H and O–H groups in total. The Morgan fingerprint density at radius 2 is 2.07 bits per heavy atom. The normalized spacial score (nSPS) is 9.29. The van der Waals surface area contributed by atoms with Crippen molar-refractivity contribution in [2.45, 2.75) is 6.61 Å². The third kappa shape index (κ3) is 2.95. The Labute approximate surface area is 81.2 Å². The lowest BCUT2D eigenvalue weighted by Crippen LogP contribution is -2.19. The Morgan fingerprint density at radius 1 is 1.43 bits per heavy atom. The van der Waals surface area contributed by atoms with E-state index in [1.807, 2.05) is 0 Å². The highest BCUT2D eigenvalue weighted by molar-refractivity contribution is 5.65. The summed E-state index contributed by atoms with van der Waals surface area (Å²) in [5.41, 5.74) is 2.19. The molecule has 0 heterocycles. The van der Waals surface area contributed by atoms with Gasteiger partial charge in [0.05, 0.1) is 7.11 Å². The number of nitrogens with one attached hydrogen (secondary N) is 1. The van der Waals surface area contributed by atoms with Crippen LogP contribution in [0, 0.1) is 0 Å².